The van der Waals surface area contributed by atoms with Crippen molar-refractivity contribution in [1.29, 1.82) is 0 Å². The Bertz CT molecular complexity index is 306. The van der Waals surface area contributed by atoms with Crippen molar-refractivity contribution in [2.24, 2.45) is 0 Å². The highest BCUT2D eigenvalue weighted by Gasteiger charge is 2.25. The maximum absolute atomic E-state index is 11.7. The third kappa shape index (κ3) is 5.51. The number of carboxylic acids is 1. The van der Waals surface area contributed by atoms with Crippen LogP contribution in [-0.2, 0) is 14.3 Å². The van der Waals surface area contributed by atoms with Gasteiger partial charge in [-0.2, -0.15) is 0 Å². The third-order valence-electron chi connectivity index (χ3n) is 2.36. The first kappa shape index (κ1) is 16.2. The zero-order valence-corrected chi connectivity index (χ0v) is 10.9. The van der Waals surface area contributed by atoms with E-state index in [1.54, 1.807) is 6.92 Å². The Morgan fingerprint density at radius 2 is 1.94 bits per heavy atom. The van der Waals surface area contributed by atoms with Crippen LogP contribution in [0.2, 0.25) is 0 Å². The molecule has 2 N–H and O–H groups in total. The Balaban J connectivity index is 4.52. The molecule has 7 heteroatoms. The first-order valence-corrected chi connectivity index (χ1v) is 5.81. The van der Waals surface area contributed by atoms with Crippen molar-refractivity contribution in [2.75, 3.05) is 20.2 Å². The van der Waals surface area contributed by atoms with E-state index in [2.05, 4.69) is 10.1 Å². The van der Waals surface area contributed by atoms with Crippen molar-refractivity contribution in [1.82, 2.24) is 10.2 Å². The number of ether oxygens (including phenoxy) is 1. The smallest absolute Gasteiger partial charge is 0.326 e. The molecule has 0 fully saturated rings. The number of urea groups is 1. The number of carboxylic acid groups (broad SMARTS) is 1. The second kappa shape index (κ2) is 8.32. The summed E-state index contributed by atoms with van der Waals surface area (Å²) in [5.74, 6) is -1.94. The van der Waals surface area contributed by atoms with Gasteiger partial charge in [0.25, 0.3) is 0 Å². The Kier molecular flexibility index (Phi) is 7.50. The van der Waals surface area contributed by atoms with Crippen molar-refractivity contribution >= 4 is 18.0 Å². The Labute approximate surface area is 106 Å². The molecule has 0 aromatic carbocycles. The van der Waals surface area contributed by atoms with Crippen LogP contribution >= 0.6 is 0 Å². The Hall–Kier alpha value is -1.79. The van der Waals surface area contributed by atoms with E-state index in [9.17, 15) is 14.4 Å². The van der Waals surface area contributed by atoms with E-state index in [-0.39, 0.29) is 6.42 Å². The number of carbonyl (C=O) groups excluding carboxylic acids is 2. The van der Waals surface area contributed by atoms with Crippen LogP contribution in [0.5, 0.6) is 0 Å². The van der Waals surface area contributed by atoms with E-state index in [4.69, 9.17) is 5.11 Å². The highest BCUT2D eigenvalue weighted by molar-refractivity contribution is 5.86. The zero-order valence-electron chi connectivity index (χ0n) is 10.9. The molecule has 0 rings (SSSR count). The molecule has 0 aliphatic heterocycles. The Morgan fingerprint density at radius 1 is 1.33 bits per heavy atom. The highest BCUT2D eigenvalue weighted by Crippen LogP contribution is 1.99. The van der Waals surface area contributed by atoms with Gasteiger partial charge in [0.2, 0.25) is 0 Å². The number of hydrogen-bond acceptors (Lipinski definition) is 4. The number of hydrogen-bond donors (Lipinski definition) is 2. The number of rotatable bonds is 7. The van der Waals surface area contributed by atoms with E-state index in [0.717, 1.165) is 6.42 Å². The van der Waals surface area contributed by atoms with Gasteiger partial charge in [-0.05, 0) is 13.3 Å². The minimum Gasteiger partial charge on any atom is -0.480 e. The van der Waals surface area contributed by atoms with Gasteiger partial charge < -0.3 is 20.1 Å². The number of methoxy groups -OCH3 is 1. The van der Waals surface area contributed by atoms with Crippen LogP contribution in [-0.4, -0.2) is 54.2 Å². The monoisotopic (exact) mass is 260 g/mol. The highest BCUT2D eigenvalue weighted by atomic mass is 16.5. The molecule has 18 heavy (non-hydrogen) atoms. The first-order chi connectivity index (χ1) is 8.46. The molecule has 104 valence electrons. The molecule has 0 heterocycles. The zero-order chi connectivity index (χ0) is 14.1. The third-order valence-corrected chi connectivity index (χ3v) is 2.36. The fourth-order valence-electron chi connectivity index (χ4n) is 1.36. The minimum atomic E-state index is -1.27. The summed E-state index contributed by atoms with van der Waals surface area (Å²) >= 11 is 0. The lowest BCUT2D eigenvalue weighted by Gasteiger charge is -2.23. The molecular formula is C11H20N2O5. The van der Waals surface area contributed by atoms with Gasteiger partial charge in [0, 0.05) is 13.1 Å². The molecule has 0 bridgehead atoms. The molecule has 0 unspecified atom stereocenters. The van der Waals surface area contributed by atoms with Gasteiger partial charge in [-0.25, -0.2) is 9.59 Å². The number of amides is 2. The van der Waals surface area contributed by atoms with Crippen LogP contribution in [0.3, 0.4) is 0 Å². The van der Waals surface area contributed by atoms with Crippen LogP contribution < -0.4 is 5.32 Å². The van der Waals surface area contributed by atoms with Gasteiger partial charge >= 0.3 is 18.0 Å². The number of aliphatic carboxylic acids is 1. The van der Waals surface area contributed by atoms with Crippen molar-refractivity contribution in [3.05, 3.63) is 0 Å². The van der Waals surface area contributed by atoms with Gasteiger partial charge in [-0.1, -0.05) is 6.92 Å². The second-order valence-electron chi connectivity index (χ2n) is 3.70. The molecule has 2 amide bonds. The average molecular weight is 260 g/mol. The van der Waals surface area contributed by atoms with Crippen molar-refractivity contribution in [3.8, 4) is 0 Å². The van der Waals surface area contributed by atoms with Gasteiger partial charge in [-0.15, -0.1) is 0 Å². The number of carbonyl (C=O) groups is 3. The number of nitrogens with zero attached hydrogens (tertiary/aromatic N) is 1. The van der Waals surface area contributed by atoms with Crippen LogP contribution in [0.4, 0.5) is 4.79 Å². The van der Waals surface area contributed by atoms with Crippen molar-refractivity contribution in [3.63, 3.8) is 0 Å². The standard InChI is InChI=1S/C11H20N2O5/c1-4-6-13(5-2)11(17)12-8(10(15)16)7-9(14)18-3/h8H,4-7H2,1-3H3,(H,12,17)(H,15,16)/t8-/m0/s1. The van der Waals surface area contributed by atoms with Crippen LogP contribution in [0, 0.1) is 0 Å². The predicted octanol–water partition coefficient (Wildman–Crippen LogP) is 0.444. The topological polar surface area (TPSA) is 95.9 Å². The van der Waals surface area contributed by atoms with E-state index in [1.807, 2.05) is 6.92 Å². The molecule has 0 spiro atoms. The fourth-order valence-corrected chi connectivity index (χ4v) is 1.36. The lowest BCUT2D eigenvalue weighted by molar-refractivity contribution is -0.147. The summed E-state index contributed by atoms with van der Waals surface area (Å²) in [4.78, 5) is 35.2. The average Bonchev–Trinajstić information content (AvgIpc) is 2.34. The lowest BCUT2D eigenvalue weighted by Crippen LogP contribution is -2.49. The maximum Gasteiger partial charge on any atom is 0.326 e. The van der Waals surface area contributed by atoms with E-state index in [1.165, 1.54) is 12.0 Å². The summed E-state index contributed by atoms with van der Waals surface area (Å²) in [6.07, 6.45) is 0.386. The number of esters is 1. The van der Waals surface area contributed by atoms with Crippen LogP contribution in [0.25, 0.3) is 0 Å². The summed E-state index contributed by atoms with van der Waals surface area (Å²) in [7, 11) is 1.17. The molecule has 0 aliphatic rings. The molecular weight excluding hydrogens is 240 g/mol. The quantitative estimate of drug-likeness (QED) is 0.648. The summed E-state index contributed by atoms with van der Waals surface area (Å²) in [6, 6.07) is -1.76. The minimum absolute atomic E-state index is 0.388. The first-order valence-electron chi connectivity index (χ1n) is 5.81. The summed E-state index contributed by atoms with van der Waals surface area (Å²) in [5, 5.41) is 11.2. The van der Waals surface area contributed by atoms with E-state index < -0.39 is 24.0 Å². The predicted molar refractivity (Wildman–Crippen MR) is 64.1 cm³/mol. The molecule has 1 atom stereocenters. The second-order valence-corrected chi connectivity index (χ2v) is 3.70. The SMILES string of the molecule is CCCN(CC)C(=O)N[C@@H](CC(=O)OC)C(=O)O. The van der Waals surface area contributed by atoms with Gasteiger partial charge in [0.15, 0.2) is 0 Å². The normalized spacial score (nSPS) is 11.5. The maximum atomic E-state index is 11.7. The molecule has 0 aliphatic carbocycles. The largest absolute Gasteiger partial charge is 0.480 e. The Morgan fingerprint density at radius 3 is 2.33 bits per heavy atom. The van der Waals surface area contributed by atoms with Crippen molar-refractivity contribution in [2.45, 2.75) is 32.7 Å². The number of nitrogens with one attached hydrogen (secondary N) is 1. The van der Waals surface area contributed by atoms with Crippen molar-refractivity contribution < 1.29 is 24.2 Å². The summed E-state index contributed by atoms with van der Waals surface area (Å²) < 4.78 is 4.38. The summed E-state index contributed by atoms with van der Waals surface area (Å²) in [6.45, 7) is 4.72. The van der Waals surface area contributed by atoms with E-state index in [0.29, 0.717) is 13.1 Å². The van der Waals surface area contributed by atoms with Gasteiger partial charge in [-0.3, -0.25) is 4.79 Å². The lowest BCUT2D eigenvalue weighted by atomic mass is 10.2. The van der Waals surface area contributed by atoms with E-state index >= 15 is 0 Å². The van der Waals surface area contributed by atoms with Gasteiger partial charge in [0.1, 0.15) is 6.04 Å². The fraction of sp³-hybridized carbons (Fsp3) is 0.727. The molecule has 0 aromatic rings. The van der Waals surface area contributed by atoms with Gasteiger partial charge in [0.05, 0.1) is 13.5 Å². The summed E-state index contributed by atoms with van der Waals surface area (Å²) in [5.41, 5.74) is 0. The molecule has 0 aromatic heterocycles. The molecule has 0 saturated carbocycles. The molecule has 7 nitrogen and oxygen atoms in total. The molecule has 0 saturated heterocycles. The molecule has 0 radical (unpaired) electrons. The van der Waals surface area contributed by atoms with Crippen LogP contribution in [0.1, 0.15) is 26.7 Å². The van der Waals surface area contributed by atoms with Crippen LogP contribution in [0.15, 0.2) is 0 Å².